The zero-order valence-electron chi connectivity index (χ0n) is 10.2. The van der Waals surface area contributed by atoms with E-state index in [1.54, 1.807) is 6.07 Å². The summed E-state index contributed by atoms with van der Waals surface area (Å²) in [7, 11) is 0. The molecule has 2 rings (SSSR count). The average Bonchev–Trinajstić information content (AvgIpc) is 2.78. The molecule has 2 N–H and O–H groups in total. The fourth-order valence-electron chi connectivity index (χ4n) is 1.77. The van der Waals surface area contributed by atoms with Gasteiger partial charge in [0.25, 0.3) is 0 Å². The van der Waals surface area contributed by atoms with Gasteiger partial charge in [0.1, 0.15) is 12.3 Å². The van der Waals surface area contributed by atoms with Gasteiger partial charge in [0, 0.05) is 10.6 Å². The van der Waals surface area contributed by atoms with Gasteiger partial charge in [-0.25, -0.2) is 0 Å². The lowest BCUT2D eigenvalue weighted by atomic mass is 10.2. The quantitative estimate of drug-likeness (QED) is 0.833. The first-order valence-corrected chi connectivity index (χ1v) is 6.82. The molecular weight excluding hydrogens is 269 g/mol. The smallest absolute Gasteiger partial charge is 0.158 e. The summed E-state index contributed by atoms with van der Waals surface area (Å²) in [5, 5.41) is 3.47. The molecule has 0 saturated heterocycles. The number of quaternary nitrogens is 1. The summed E-state index contributed by atoms with van der Waals surface area (Å²) in [6.07, 6.45) is 1.16. The molecule has 0 spiro atoms. The Morgan fingerprint density at radius 2 is 2.00 bits per heavy atom. The van der Waals surface area contributed by atoms with E-state index < -0.39 is 0 Å². The number of furan rings is 1. The number of nitrogens with two attached hydrogens (primary N) is 1. The van der Waals surface area contributed by atoms with E-state index >= 15 is 0 Å². The molecule has 1 heterocycles. The van der Waals surface area contributed by atoms with Crippen LogP contribution in [-0.4, -0.2) is 6.54 Å². The number of hydrogen-bond donors (Lipinski definition) is 1. The highest BCUT2D eigenvalue weighted by Crippen LogP contribution is 2.31. The second kappa shape index (κ2) is 6.28. The fraction of sp³-hybridized carbons (Fsp3) is 0.286. The van der Waals surface area contributed by atoms with Crippen LogP contribution in [0.25, 0.3) is 11.3 Å². The third-order valence-electron chi connectivity index (χ3n) is 2.70. The lowest BCUT2D eigenvalue weighted by Crippen LogP contribution is -2.82. The summed E-state index contributed by atoms with van der Waals surface area (Å²) in [4.78, 5) is 0. The summed E-state index contributed by atoms with van der Waals surface area (Å²) in [5.41, 5.74) is 0.878. The molecule has 0 unspecified atom stereocenters. The van der Waals surface area contributed by atoms with Gasteiger partial charge in [0.2, 0.25) is 0 Å². The highest BCUT2D eigenvalue weighted by molar-refractivity contribution is 6.36. The van der Waals surface area contributed by atoms with Crippen molar-refractivity contribution >= 4 is 23.2 Å². The van der Waals surface area contributed by atoms with Crippen molar-refractivity contribution in [3.8, 4) is 11.3 Å². The Labute approximate surface area is 117 Å². The largest absolute Gasteiger partial charge is 0.455 e. The van der Waals surface area contributed by atoms with Crippen LogP contribution in [0.3, 0.4) is 0 Å². The van der Waals surface area contributed by atoms with Crippen LogP contribution >= 0.6 is 23.2 Å². The Bertz CT molecular complexity index is 522. The Morgan fingerprint density at radius 3 is 2.72 bits per heavy atom. The van der Waals surface area contributed by atoms with Gasteiger partial charge in [0.15, 0.2) is 5.76 Å². The standard InChI is InChI=1S/C14H15Cl2NO/c1-2-7-17-9-11-4-6-14(18-11)12-5-3-10(15)8-13(12)16/h3-6,8,17H,2,7,9H2,1H3/p+1. The minimum Gasteiger partial charge on any atom is -0.455 e. The van der Waals surface area contributed by atoms with E-state index in [0.717, 1.165) is 36.6 Å². The van der Waals surface area contributed by atoms with Crippen molar-refractivity contribution in [3.05, 3.63) is 46.1 Å². The molecule has 96 valence electrons. The minimum absolute atomic E-state index is 0.612. The maximum atomic E-state index is 6.15. The second-order valence-corrected chi connectivity index (χ2v) is 5.02. The molecule has 0 radical (unpaired) electrons. The van der Waals surface area contributed by atoms with Gasteiger partial charge in [-0.05, 0) is 36.8 Å². The summed E-state index contributed by atoms with van der Waals surface area (Å²) in [5.74, 6) is 1.75. The highest BCUT2D eigenvalue weighted by Gasteiger charge is 2.09. The van der Waals surface area contributed by atoms with Gasteiger partial charge in [0.05, 0.1) is 11.6 Å². The summed E-state index contributed by atoms with van der Waals surface area (Å²) < 4.78 is 5.78. The van der Waals surface area contributed by atoms with Crippen molar-refractivity contribution in [3.63, 3.8) is 0 Å². The highest BCUT2D eigenvalue weighted by atomic mass is 35.5. The van der Waals surface area contributed by atoms with Crippen molar-refractivity contribution in [1.82, 2.24) is 0 Å². The first kappa shape index (κ1) is 13.5. The first-order chi connectivity index (χ1) is 8.70. The van der Waals surface area contributed by atoms with Crippen LogP contribution in [0.15, 0.2) is 34.7 Å². The SMILES string of the molecule is CCC[NH2+]Cc1ccc(-c2ccc(Cl)cc2Cl)o1. The van der Waals surface area contributed by atoms with Gasteiger partial charge in [-0.1, -0.05) is 30.1 Å². The Kier molecular flexibility index (Phi) is 4.70. The Balaban J connectivity index is 2.13. The predicted octanol–water partition coefficient (Wildman–Crippen LogP) is 3.73. The van der Waals surface area contributed by atoms with Gasteiger partial charge in [-0.2, -0.15) is 0 Å². The first-order valence-electron chi connectivity index (χ1n) is 6.06. The molecule has 0 amide bonds. The third-order valence-corrected chi connectivity index (χ3v) is 3.24. The molecule has 2 aromatic rings. The van der Waals surface area contributed by atoms with Crippen molar-refractivity contribution < 1.29 is 9.73 Å². The van der Waals surface area contributed by atoms with Gasteiger partial charge >= 0.3 is 0 Å². The molecule has 2 nitrogen and oxygen atoms in total. The van der Waals surface area contributed by atoms with Gasteiger partial charge < -0.3 is 9.73 Å². The lowest BCUT2D eigenvalue weighted by molar-refractivity contribution is -0.672. The molecule has 4 heteroatoms. The van der Waals surface area contributed by atoms with Gasteiger partial charge in [-0.15, -0.1) is 0 Å². The minimum atomic E-state index is 0.612. The van der Waals surface area contributed by atoms with Gasteiger partial charge in [-0.3, -0.25) is 0 Å². The van der Waals surface area contributed by atoms with Crippen LogP contribution in [0, 0.1) is 0 Å². The van der Waals surface area contributed by atoms with Crippen molar-refractivity contribution in [1.29, 1.82) is 0 Å². The van der Waals surface area contributed by atoms with E-state index in [9.17, 15) is 0 Å². The van der Waals surface area contributed by atoms with Crippen LogP contribution in [0.5, 0.6) is 0 Å². The molecule has 0 aliphatic rings. The average molecular weight is 285 g/mol. The third kappa shape index (κ3) is 3.29. The summed E-state index contributed by atoms with van der Waals surface area (Å²) >= 11 is 12.0. The maximum absolute atomic E-state index is 6.15. The second-order valence-electron chi connectivity index (χ2n) is 4.17. The molecule has 1 aromatic heterocycles. The molecule has 18 heavy (non-hydrogen) atoms. The number of benzene rings is 1. The summed E-state index contributed by atoms with van der Waals surface area (Å²) in [6.45, 7) is 4.13. The Hall–Kier alpha value is -0.960. The van der Waals surface area contributed by atoms with Crippen molar-refractivity contribution in [2.75, 3.05) is 6.54 Å². The summed E-state index contributed by atoms with van der Waals surface area (Å²) in [6, 6.07) is 9.36. The van der Waals surface area contributed by atoms with E-state index in [1.165, 1.54) is 0 Å². The normalized spacial score (nSPS) is 10.8. The monoisotopic (exact) mass is 284 g/mol. The topological polar surface area (TPSA) is 29.8 Å². The van der Waals surface area contributed by atoms with Crippen LogP contribution in [0.1, 0.15) is 19.1 Å². The zero-order chi connectivity index (χ0) is 13.0. The molecule has 1 aromatic carbocycles. The van der Waals surface area contributed by atoms with E-state index in [2.05, 4.69) is 12.2 Å². The van der Waals surface area contributed by atoms with Crippen molar-refractivity contribution in [2.45, 2.75) is 19.9 Å². The zero-order valence-corrected chi connectivity index (χ0v) is 11.8. The van der Waals surface area contributed by atoms with E-state index in [1.807, 2.05) is 24.3 Å². The van der Waals surface area contributed by atoms with E-state index in [-0.39, 0.29) is 0 Å². The molecule has 0 aliphatic heterocycles. The van der Waals surface area contributed by atoms with Crippen LogP contribution < -0.4 is 5.32 Å². The van der Waals surface area contributed by atoms with Crippen LogP contribution in [0.4, 0.5) is 0 Å². The maximum Gasteiger partial charge on any atom is 0.158 e. The van der Waals surface area contributed by atoms with Crippen molar-refractivity contribution in [2.24, 2.45) is 0 Å². The fourth-order valence-corrected chi connectivity index (χ4v) is 2.27. The Morgan fingerprint density at radius 1 is 1.17 bits per heavy atom. The molecular formula is C14H16Cl2NO+. The lowest BCUT2D eigenvalue weighted by Gasteiger charge is -2.01. The molecule has 0 aliphatic carbocycles. The number of hydrogen-bond acceptors (Lipinski definition) is 1. The molecule has 0 saturated carbocycles. The molecule has 0 bridgehead atoms. The number of halogens is 2. The van der Waals surface area contributed by atoms with E-state index in [0.29, 0.717) is 10.0 Å². The molecule has 0 fully saturated rings. The molecule has 0 atom stereocenters. The predicted molar refractivity (Wildman–Crippen MR) is 75.0 cm³/mol. The van der Waals surface area contributed by atoms with Crippen LogP contribution in [-0.2, 0) is 6.54 Å². The van der Waals surface area contributed by atoms with Crippen LogP contribution in [0.2, 0.25) is 10.0 Å². The van der Waals surface area contributed by atoms with E-state index in [4.69, 9.17) is 27.6 Å². The number of rotatable bonds is 5.